The highest BCUT2D eigenvalue weighted by Crippen LogP contribution is 2.22. The van der Waals surface area contributed by atoms with Gasteiger partial charge in [0.1, 0.15) is 0 Å². The molecule has 0 radical (unpaired) electrons. The van der Waals surface area contributed by atoms with E-state index in [9.17, 15) is 0 Å². The lowest BCUT2D eigenvalue weighted by atomic mass is 10.1. The van der Waals surface area contributed by atoms with E-state index < -0.39 is 0 Å². The summed E-state index contributed by atoms with van der Waals surface area (Å²) in [5.74, 6) is 0. The van der Waals surface area contributed by atoms with E-state index in [1.807, 2.05) is 23.9 Å². The van der Waals surface area contributed by atoms with Crippen LogP contribution in [0.1, 0.15) is 12.5 Å². The van der Waals surface area contributed by atoms with Crippen molar-refractivity contribution in [2.24, 2.45) is 5.73 Å². The molecule has 2 N–H and O–H groups in total. The standard InChI is InChI=1S/C12H13Br2N3/c1-8(15)4-9-2-3-10(13)5-12(9)17-7-11(14)6-16-17/h2-3,5-8H,4,15H2,1H3. The number of hydrogen-bond donors (Lipinski definition) is 1. The van der Waals surface area contributed by atoms with Crippen LogP contribution in [0.3, 0.4) is 0 Å². The Kier molecular flexibility index (Phi) is 4.01. The van der Waals surface area contributed by atoms with Gasteiger partial charge in [0.25, 0.3) is 0 Å². The third-order valence-corrected chi connectivity index (χ3v) is 3.29. The molecule has 0 saturated carbocycles. The van der Waals surface area contributed by atoms with Gasteiger partial charge in [0.15, 0.2) is 0 Å². The molecule has 0 amide bonds. The lowest BCUT2D eigenvalue weighted by molar-refractivity contribution is 0.727. The first-order valence-electron chi connectivity index (χ1n) is 5.31. The Labute approximate surface area is 117 Å². The van der Waals surface area contributed by atoms with Crippen molar-refractivity contribution in [2.45, 2.75) is 19.4 Å². The van der Waals surface area contributed by atoms with Crippen LogP contribution in [0.5, 0.6) is 0 Å². The lowest BCUT2D eigenvalue weighted by Gasteiger charge is -2.12. The maximum Gasteiger partial charge on any atom is 0.0689 e. The van der Waals surface area contributed by atoms with E-state index in [0.717, 1.165) is 21.1 Å². The van der Waals surface area contributed by atoms with E-state index in [2.05, 4.69) is 49.1 Å². The molecule has 0 aliphatic heterocycles. The van der Waals surface area contributed by atoms with Crippen molar-refractivity contribution < 1.29 is 0 Å². The van der Waals surface area contributed by atoms with Crippen molar-refractivity contribution >= 4 is 31.9 Å². The Bertz CT molecular complexity index is 520. The van der Waals surface area contributed by atoms with Gasteiger partial charge < -0.3 is 5.73 Å². The second kappa shape index (κ2) is 5.33. The number of halogens is 2. The number of hydrogen-bond acceptors (Lipinski definition) is 2. The van der Waals surface area contributed by atoms with Gasteiger partial charge in [-0.1, -0.05) is 22.0 Å². The second-order valence-corrected chi connectivity index (χ2v) is 5.89. The van der Waals surface area contributed by atoms with Crippen molar-refractivity contribution in [3.05, 3.63) is 45.1 Å². The van der Waals surface area contributed by atoms with E-state index in [-0.39, 0.29) is 6.04 Å². The molecule has 0 fully saturated rings. The molecule has 0 spiro atoms. The van der Waals surface area contributed by atoms with Crippen molar-refractivity contribution in [3.8, 4) is 5.69 Å². The van der Waals surface area contributed by atoms with Gasteiger partial charge in [-0.3, -0.25) is 0 Å². The summed E-state index contributed by atoms with van der Waals surface area (Å²) in [5.41, 5.74) is 8.12. The van der Waals surface area contributed by atoms with Crippen molar-refractivity contribution in [1.29, 1.82) is 0 Å². The Morgan fingerprint density at radius 3 is 2.71 bits per heavy atom. The molecule has 2 aromatic rings. The van der Waals surface area contributed by atoms with Gasteiger partial charge in [0, 0.05) is 16.7 Å². The summed E-state index contributed by atoms with van der Waals surface area (Å²) in [4.78, 5) is 0. The van der Waals surface area contributed by atoms with Crippen LogP contribution in [0.15, 0.2) is 39.5 Å². The van der Waals surface area contributed by atoms with Gasteiger partial charge in [-0.15, -0.1) is 0 Å². The van der Waals surface area contributed by atoms with E-state index >= 15 is 0 Å². The average Bonchev–Trinajstić information content (AvgIpc) is 2.67. The number of nitrogens with zero attached hydrogens (tertiary/aromatic N) is 2. The fraction of sp³-hybridized carbons (Fsp3) is 0.250. The Balaban J connectivity index is 2.46. The maximum atomic E-state index is 5.86. The fourth-order valence-corrected chi connectivity index (χ4v) is 2.34. The minimum atomic E-state index is 0.133. The van der Waals surface area contributed by atoms with Gasteiger partial charge in [0.05, 0.1) is 16.4 Å². The Hall–Kier alpha value is -0.650. The minimum Gasteiger partial charge on any atom is -0.328 e. The fourth-order valence-electron chi connectivity index (χ4n) is 1.70. The van der Waals surface area contributed by atoms with Crippen LogP contribution in [0, 0.1) is 0 Å². The number of benzene rings is 1. The van der Waals surface area contributed by atoms with Crippen LogP contribution in [0.4, 0.5) is 0 Å². The Morgan fingerprint density at radius 1 is 1.35 bits per heavy atom. The van der Waals surface area contributed by atoms with Crippen LogP contribution in [-0.4, -0.2) is 15.8 Å². The summed E-state index contributed by atoms with van der Waals surface area (Å²) in [7, 11) is 0. The molecule has 1 aromatic heterocycles. The first-order chi connectivity index (χ1) is 8.06. The van der Waals surface area contributed by atoms with Crippen LogP contribution in [-0.2, 0) is 6.42 Å². The summed E-state index contributed by atoms with van der Waals surface area (Å²) in [5, 5.41) is 4.30. The molecule has 5 heteroatoms. The first kappa shape index (κ1) is 12.8. The van der Waals surface area contributed by atoms with E-state index in [1.165, 1.54) is 5.56 Å². The summed E-state index contributed by atoms with van der Waals surface area (Å²) >= 11 is 6.89. The third kappa shape index (κ3) is 3.18. The van der Waals surface area contributed by atoms with Gasteiger partial charge in [-0.25, -0.2) is 4.68 Å². The zero-order chi connectivity index (χ0) is 12.4. The molecule has 0 bridgehead atoms. The molecule has 3 nitrogen and oxygen atoms in total. The number of rotatable bonds is 3. The molecule has 1 atom stereocenters. The molecule has 0 saturated heterocycles. The van der Waals surface area contributed by atoms with Crippen LogP contribution in [0.2, 0.25) is 0 Å². The van der Waals surface area contributed by atoms with E-state index in [4.69, 9.17) is 5.73 Å². The smallest absolute Gasteiger partial charge is 0.0689 e. The van der Waals surface area contributed by atoms with E-state index in [0.29, 0.717) is 0 Å². The molecular formula is C12H13Br2N3. The highest BCUT2D eigenvalue weighted by Gasteiger charge is 2.08. The van der Waals surface area contributed by atoms with Gasteiger partial charge >= 0.3 is 0 Å². The molecule has 90 valence electrons. The predicted octanol–water partition coefficient (Wildman–Crippen LogP) is 3.29. The lowest BCUT2D eigenvalue weighted by Crippen LogP contribution is -2.19. The SMILES string of the molecule is CC(N)Cc1ccc(Br)cc1-n1cc(Br)cn1. The molecule has 1 aromatic carbocycles. The largest absolute Gasteiger partial charge is 0.328 e. The van der Waals surface area contributed by atoms with Crippen LogP contribution >= 0.6 is 31.9 Å². The topological polar surface area (TPSA) is 43.8 Å². The van der Waals surface area contributed by atoms with Crippen LogP contribution < -0.4 is 5.73 Å². The summed E-state index contributed by atoms with van der Waals surface area (Å²) < 4.78 is 3.85. The quantitative estimate of drug-likeness (QED) is 0.914. The molecule has 0 aliphatic carbocycles. The first-order valence-corrected chi connectivity index (χ1v) is 6.89. The molecule has 17 heavy (non-hydrogen) atoms. The zero-order valence-electron chi connectivity index (χ0n) is 9.40. The predicted molar refractivity (Wildman–Crippen MR) is 76.3 cm³/mol. The molecule has 0 aliphatic rings. The minimum absolute atomic E-state index is 0.133. The van der Waals surface area contributed by atoms with Gasteiger partial charge in [-0.05, 0) is 47.0 Å². The number of aromatic nitrogens is 2. The summed E-state index contributed by atoms with van der Waals surface area (Å²) in [6.45, 7) is 2.00. The average molecular weight is 359 g/mol. The van der Waals surface area contributed by atoms with Crippen molar-refractivity contribution in [1.82, 2.24) is 9.78 Å². The second-order valence-electron chi connectivity index (χ2n) is 4.06. The third-order valence-electron chi connectivity index (χ3n) is 2.39. The van der Waals surface area contributed by atoms with Gasteiger partial charge in [0.2, 0.25) is 0 Å². The summed E-state index contributed by atoms with van der Waals surface area (Å²) in [6.07, 6.45) is 4.54. The molecule has 1 unspecified atom stereocenters. The molecular weight excluding hydrogens is 346 g/mol. The number of nitrogens with two attached hydrogens (primary N) is 1. The summed E-state index contributed by atoms with van der Waals surface area (Å²) in [6, 6.07) is 6.30. The van der Waals surface area contributed by atoms with Crippen molar-refractivity contribution in [2.75, 3.05) is 0 Å². The van der Waals surface area contributed by atoms with Crippen LogP contribution in [0.25, 0.3) is 5.69 Å². The zero-order valence-corrected chi connectivity index (χ0v) is 12.6. The molecule has 2 rings (SSSR count). The highest BCUT2D eigenvalue weighted by molar-refractivity contribution is 9.10. The van der Waals surface area contributed by atoms with Gasteiger partial charge in [-0.2, -0.15) is 5.10 Å². The van der Waals surface area contributed by atoms with Crippen molar-refractivity contribution in [3.63, 3.8) is 0 Å². The Morgan fingerprint density at radius 2 is 2.12 bits per heavy atom. The monoisotopic (exact) mass is 357 g/mol. The normalized spacial score (nSPS) is 12.7. The highest BCUT2D eigenvalue weighted by atomic mass is 79.9. The maximum absolute atomic E-state index is 5.86. The molecule has 1 heterocycles. The van der Waals surface area contributed by atoms with E-state index in [1.54, 1.807) is 6.20 Å².